The van der Waals surface area contributed by atoms with E-state index in [4.69, 9.17) is 10.9 Å². The Morgan fingerprint density at radius 1 is 1.05 bits per heavy atom. The molecule has 2 fully saturated rings. The molecule has 0 spiro atoms. The highest BCUT2D eigenvalue weighted by Gasteiger charge is 2.37. The lowest BCUT2D eigenvalue weighted by Gasteiger charge is -2.35. The fourth-order valence-electron chi connectivity index (χ4n) is 3.56. The molecule has 2 aliphatic carbocycles. The van der Waals surface area contributed by atoms with Crippen molar-refractivity contribution in [3.05, 3.63) is 0 Å². The van der Waals surface area contributed by atoms with Crippen LogP contribution in [0.5, 0.6) is 0 Å². The fraction of sp³-hybridized carbons (Fsp3) is 0.867. The van der Waals surface area contributed by atoms with E-state index in [1.165, 1.54) is 19.3 Å². The second-order valence-electron chi connectivity index (χ2n) is 6.41. The molecular formula is C15H28N4O2. The Morgan fingerprint density at radius 3 is 2.19 bits per heavy atom. The number of carbonyl (C=O) groups is 1. The van der Waals surface area contributed by atoms with Gasteiger partial charge in [-0.2, -0.15) is 0 Å². The predicted molar refractivity (Wildman–Crippen MR) is 82.4 cm³/mol. The molecule has 0 aliphatic heterocycles. The first-order valence-corrected chi connectivity index (χ1v) is 8.23. The first-order valence-electron chi connectivity index (χ1n) is 8.23. The van der Waals surface area contributed by atoms with Crippen LogP contribution < -0.4 is 16.4 Å². The van der Waals surface area contributed by atoms with Gasteiger partial charge in [-0.1, -0.05) is 50.1 Å². The van der Waals surface area contributed by atoms with E-state index < -0.39 is 5.54 Å². The van der Waals surface area contributed by atoms with E-state index >= 15 is 0 Å². The molecule has 2 rings (SSSR count). The molecule has 21 heavy (non-hydrogen) atoms. The molecule has 0 aromatic carbocycles. The maximum absolute atomic E-state index is 12.3. The largest absolute Gasteiger partial charge is 0.409 e. The number of urea groups is 1. The summed E-state index contributed by atoms with van der Waals surface area (Å²) >= 11 is 0. The number of amidine groups is 1. The highest BCUT2D eigenvalue weighted by atomic mass is 16.4. The van der Waals surface area contributed by atoms with E-state index in [9.17, 15) is 4.79 Å². The number of nitrogens with zero attached hydrogens (tertiary/aromatic N) is 1. The van der Waals surface area contributed by atoms with E-state index in [2.05, 4.69) is 15.8 Å². The van der Waals surface area contributed by atoms with Crippen LogP contribution in [0.15, 0.2) is 5.16 Å². The molecule has 0 aromatic heterocycles. The Morgan fingerprint density at radius 2 is 1.62 bits per heavy atom. The molecule has 6 heteroatoms. The van der Waals surface area contributed by atoms with Gasteiger partial charge in [-0.25, -0.2) is 4.79 Å². The Balaban J connectivity index is 2.01. The number of nitrogens with two attached hydrogens (primary N) is 1. The van der Waals surface area contributed by atoms with Gasteiger partial charge in [0.25, 0.3) is 0 Å². The average molecular weight is 296 g/mol. The van der Waals surface area contributed by atoms with Crippen LogP contribution in [0.1, 0.15) is 70.6 Å². The third kappa shape index (κ3) is 4.25. The topological polar surface area (TPSA) is 99.7 Å². The fourth-order valence-corrected chi connectivity index (χ4v) is 3.56. The smallest absolute Gasteiger partial charge is 0.315 e. The monoisotopic (exact) mass is 296 g/mol. The highest BCUT2D eigenvalue weighted by molar-refractivity contribution is 5.93. The second-order valence-corrected chi connectivity index (χ2v) is 6.41. The summed E-state index contributed by atoms with van der Waals surface area (Å²) in [6.07, 6.45) is 11.4. The number of amides is 2. The van der Waals surface area contributed by atoms with E-state index in [-0.39, 0.29) is 17.9 Å². The first kappa shape index (κ1) is 15.9. The van der Waals surface area contributed by atoms with Crippen LogP contribution >= 0.6 is 0 Å². The Labute approximate surface area is 126 Å². The standard InChI is InChI=1S/C15H28N4O2/c16-13(19-21)15(10-6-2-1-3-7-11-15)18-14(20)17-12-8-4-5-9-12/h12,21H,1-11H2,(H2,16,19)(H2,17,18,20). The van der Waals surface area contributed by atoms with Gasteiger partial charge in [0.2, 0.25) is 0 Å². The van der Waals surface area contributed by atoms with Crippen molar-refractivity contribution in [2.45, 2.75) is 82.2 Å². The third-order valence-electron chi connectivity index (χ3n) is 4.85. The summed E-state index contributed by atoms with van der Waals surface area (Å²) in [4.78, 5) is 12.3. The number of hydrogen-bond donors (Lipinski definition) is 4. The van der Waals surface area contributed by atoms with Crippen LogP contribution in [-0.2, 0) is 0 Å². The molecule has 2 amide bonds. The van der Waals surface area contributed by atoms with Crippen molar-refractivity contribution in [1.82, 2.24) is 10.6 Å². The molecule has 120 valence electrons. The molecule has 0 saturated heterocycles. The number of nitrogens with one attached hydrogen (secondary N) is 2. The molecule has 0 heterocycles. The van der Waals surface area contributed by atoms with Crippen LogP contribution in [0.4, 0.5) is 4.79 Å². The zero-order valence-electron chi connectivity index (χ0n) is 12.7. The van der Waals surface area contributed by atoms with E-state index in [1.807, 2.05) is 0 Å². The van der Waals surface area contributed by atoms with Gasteiger partial charge in [0.15, 0.2) is 5.84 Å². The van der Waals surface area contributed by atoms with Gasteiger partial charge in [0.1, 0.15) is 5.54 Å². The van der Waals surface area contributed by atoms with Crippen LogP contribution in [-0.4, -0.2) is 28.7 Å². The van der Waals surface area contributed by atoms with Gasteiger partial charge in [-0.3, -0.25) is 0 Å². The predicted octanol–water partition coefficient (Wildman–Crippen LogP) is 2.46. The van der Waals surface area contributed by atoms with Crippen molar-refractivity contribution in [2.24, 2.45) is 10.9 Å². The molecule has 0 unspecified atom stereocenters. The van der Waals surface area contributed by atoms with Crippen molar-refractivity contribution >= 4 is 11.9 Å². The second kappa shape index (κ2) is 7.52. The van der Waals surface area contributed by atoms with Crippen molar-refractivity contribution in [1.29, 1.82) is 0 Å². The summed E-state index contributed by atoms with van der Waals surface area (Å²) in [7, 11) is 0. The summed E-state index contributed by atoms with van der Waals surface area (Å²) in [5, 5.41) is 18.3. The molecule has 2 aliphatic rings. The minimum absolute atomic E-state index is 0.131. The van der Waals surface area contributed by atoms with E-state index in [0.717, 1.165) is 51.4 Å². The first-order chi connectivity index (χ1) is 10.2. The lowest BCUT2D eigenvalue weighted by Crippen LogP contribution is -2.60. The molecule has 2 saturated carbocycles. The molecule has 0 radical (unpaired) electrons. The van der Waals surface area contributed by atoms with Crippen LogP contribution in [0, 0.1) is 0 Å². The van der Waals surface area contributed by atoms with Crippen LogP contribution in [0.25, 0.3) is 0 Å². The SMILES string of the molecule is NC(=NO)C1(NC(=O)NC2CCCC2)CCCCCCC1. The van der Waals surface area contributed by atoms with Crippen molar-refractivity contribution in [3.63, 3.8) is 0 Å². The number of carbonyl (C=O) groups excluding carboxylic acids is 1. The van der Waals surface area contributed by atoms with E-state index in [0.29, 0.717) is 0 Å². The minimum atomic E-state index is -0.697. The van der Waals surface area contributed by atoms with Gasteiger partial charge in [0, 0.05) is 6.04 Å². The zero-order chi connectivity index (χ0) is 15.1. The lowest BCUT2D eigenvalue weighted by atomic mass is 9.83. The highest BCUT2D eigenvalue weighted by Crippen LogP contribution is 2.27. The van der Waals surface area contributed by atoms with Crippen molar-refractivity contribution < 1.29 is 10.0 Å². The molecule has 0 bridgehead atoms. The van der Waals surface area contributed by atoms with Gasteiger partial charge < -0.3 is 21.6 Å². The van der Waals surface area contributed by atoms with Gasteiger partial charge in [-0.05, 0) is 25.7 Å². The summed E-state index contributed by atoms with van der Waals surface area (Å²) in [6.45, 7) is 0. The summed E-state index contributed by atoms with van der Waals surface area (Å²) < 4.78 is 0. The minimum Gasteiger partial charge on any atom is -0.409 e. The summed E-state index contributed by atoms with van der Waals surface area (Å²) in [5.74, 6) is 0.131. The summed E-state index contributed by atoms with van der Waals surface area (Å²) in [5.41, 5.74) is 5.22. The molecule has 0 atom stereocenters. The Kier molecular flexibility index (Phi) is 5.70. The Bertz CT molecular complexity index is 370. The van der Waals surface area contributed by atoms with Gasteiger partial charge in [-0.15, -0.1) is 0 Å². The van der Waals surface area contributed by atoms with E-state index in [1.54, 1.807) is 0 Å². The number of rotatable bonds is 3. The van der Waals surface area contributed by atoms with Gasteiger partial charge in [0.05, 0.1) is 0 Å². The molecular weight excluding hydrogens is 268 g/mol. The van der Waals surface area contributed by atoms with Crippen molar-refractivity contribution in [2.75, 3.05) is 0 Å². The lowest BCUT2D eigenvalue weighted by molar-refractivity contribution is 0.221. The van der Waals surface area contributed by atoms with Crippen LogP contribution in [0.2, 0.25) is 0 Å². The average Bonchev–Trinajstić information content (AvgIpc) is 2.93. The number of oxime groups is 1. The maximum atomic E-state index is 12.3. The zero-order valence-corrected chi connectivity index (χ0v) is 12.7. The maximum Gasteiger partial charge on any atom is 0.315 e. The quantitative estimate of drug-likeness (QED) is 0.278. The number of hydrogen-bond acceptors (Lipinski definition) is 3. The van der Waals surface area contributed by atoms with Gasteiger partial charge >= 0.3 is 6.03 Å². The van der Waals surface area contributed by atoms with Crippen LogP contribution in [0.3, 0.4) is 0 Å². The third-order valence-corrected chi connectivity index (χ3v) is 4.85. The molecule has 0 aromatic rings. The van der Waals surface area contributed by atoms with Crippen molar-refractivity contribution in [3.8, 4) is 0 Å². The summed E-state index contributed by atoms with van der Waals surface area (Å²) in [6, 6.07) is 0.0805. The Hall–Kier alpha value is -1.46. The molecule has 6 nitrogen and oxygen atoms in total. The normalized spacial score (nSPS) is 24.1. The molecule has 5 N–H and O–H groups in total.